The summed E-state index contributed by atoms with van der Waals surface area (Å²) in [5, 5.41) is 3.22. The first-order valence-electron chi connectivity index (χ1n) is 5.91. The van der Waals surface area contributed by atoms with Gasteiger partial charge in [-0.3, -0.25) is 0 Å². The lowest BCUT2D eigenvalue weighted by Gasteiger charge is -2.07. The number of nitrogens with one attached hydrogen (secondary N) is 2. The number of pyridine rings is 1. The molecule has 98 valence electrons. The summed E-state index contributed by atoms with van der Waals surface area (Å²) >= 11 is 0. The first-order valence-corrected chi connectivity index (χ1v) is 5.91. The third-order valence-corrected chi connectivity index (χ3v) is 2.81. The molecule has 1 aromatic heterocycles. The molecule has 1 aliphatic heterocycles. The van der Waals surface area contributed by atoms with E-state index in [0.29, 0.717) is 12.4 Å². The van der Waals surface area contributed by atoms with E-state index in [-0.39, 0.29) is 6.79 Å². The molecule has 0 atom stereocenters. The van der Waals surface area contributed by atoms with Crippen LogP contribution in [0.3, 0.4) is 0 Å². The van der Waals surface area contributed by atoms with Gasteiger partial charge in [0.25, 0.3) is 0 Å². The Bertz CT molecular complexity index is 589. The number of fused-ring (bicyclic) bond motifs is 1. The second-order valence-electron chi connectivity index (χ2n) is 4.09. The minimum absolute atomic E-state index is 0.290. The Labute approximate surface area is 110 Å². The van der Waals surface area contributed by atoms with Crippen molar-refractivity contribution in [1.82, 2.24) is 4.98 Å². The fraction of sp³-hybridized carbons (Fsp3) is 0.154. The van der Waals surface area contributed by atoms with Gasteiger partial charge in [0.15, 0.2) is 11.5 Å². The molecule has 2 aromatic rings. The van der Waals surface area contributed by atoms with E-state index in [1.165, 1.54) is 0 Å². The molecule has 3 rings (SSSR count). The Balaban J connectivity index is 1.68. The normalized spacial score (nSPS) is 12.3. The van der Waals surface area contributed by atoms with Crippen LogP contribution < -0.4 is 26.1 Å². The molecule has 0 spiro atoms. The molecule has 0 bridgehead atoms. The highest BCUT2D eigenvalue weighted by Gasteiger charge is 2.12. The van der Waals surface area contributed by atoms with Crippen molar-refractivity contribution in [3.05, 3.63) is 42.0 Å². The Hall–Kier alpha value is -2.47. The van der Waals surface area contributed by atoms with E-state index in [1.54, 1.807) is 6.07 Å². The van der Waals surface area contributed by atoms with Crippen LogP contribution >= 0.6 is 0 Å². The molecule has 0 saturated carbocycles. The third kappa shape index (κ3) is 2.53. The van der Waals surface area contributed by atoms with Crippen LogP contribution in [0.15, 0.2) is 36.4 Å². The summed E-state index contributed by atoms with van der Waals surface area (Å²) < 4.78 is 10.6. The first kappa shape index (κ1) is 11.6. The van der Waals surface area contributed by atoms with Gasteiger partial charge in [0, 0.05) is 6.54 Å². The molecule has 6 nitrogen and oxygen atoms in total. The number of hydrogen-bond donors (Lipinski definition) is 3. The van der Waals surface area contributed by atoms with E-state index in [2.05, 4.69) is 15.7 Å². The maximum absolute atomic E-state index is 5.34. The minimum atomic E-state index is 0.290. The third-order valence-electron chi connectivity index (χ3n) is 2.81. The zero-order valence-electron chi connectivity index (χ0n) is 10.2. The molecule has 0 saturated heterocycles. The highest BCUT2D eigenvalue weighted by molar-refractivity contribution is 5.47. The summed E-state index contributed by atoms with van der Waals surface area (Å²) in [7, 11) is 0. The number of ether oxygens (including phenoxy) is 2. The van der Waals surface area contributed by atoms with Crippen molar-refractivity contribution in [2.24, 2.45) is 5.84 Å². The molecule has 0 radical (unpaired) electrons. The number of nitrogens with zero attached hydrogens (tertiary/aromatic N) is 1. The number of benzene rings is 1. The van der Waals surface area contributed by atoms with Gasteiger partial charge in [-0.15, -0.1) is 0 Å². The summed E-state index contributed by atoms with van der Waals surface area (Å²) in [6, 6.07) is 11.4. The standard InChI is InChI=1S/C13H14N4O2/c14-17-13-3-1-2-12(16-13)15-7-9-4-5-10-11(6-9)19-8-18-10/h1-6H,7-8,14H2,(H2,15,16,17). The Morgan fingerprint density at radius 1 is 1.11 bits per heavy atom. The van der Waals surface area contributed by atoms with Crippen LogP contribution in [0, 0.1) is 0 Å². The lowest BCUT2D eigenvalue weighted by Crippen LogP contribution is -2.09. The average molecular weight is 258 g/mol. The Morgan fingerprint density at radius 2 is 1.95 bits per heavy atom. The number of hydrazine groups is 1. The van der Waals surface area contributed by atoms with Crippen LogP contribution in [-0.4, -0.2) is 11.8 Å². The molecule has 0 amide bonds. The average Bonchev–Trinajstić information content (AvgIpc) is 2.93. The summed E-state index contributed by atoms with van der Waals surface area (Å²) in [6.45, 7) is 0.940. The molecule has 19 heavy (non-hydrogen) atoms. The van der Waals surface area contributed by atoms with Crippen LogP contribution in [0.5, 0.6) is 11.5 Å². The highest BCUT2D eigenvalue weighted by Crippen LogP contribution is 2.32. The van der Waals surface area contributed by atoms with Crippen molar-refractivity contribution in [3.8, 4) is 11.5 Å². The largest absolute Gasteiger partial charge is 0.454 e. The summed E-state index contributed by atoms with van der Waals surface area (Å²) in [5.41, 5.74) is 3.61. The van der Waals surface area contributed by atoms with Crippen molar-refractivity contribution in [1.29, 1.82) is 0 Å². The zero-order chi connectivity index (χ0) is 13.1. The Morgan fingerprint density at radius 3 is 2.84 bits per heavy atom. The van der Waals surface area contributed by atoms with Crippen molar-refractivity contribution >= 4 is 11.6 Å². The van der Waals surface area contributed by atoms with Gasteiger partial charge in [-0.25, -0.2) is 10.8 Å². The van der Waals surface area contributed by atoms with Crippen LogP contribution in [-0.2, 0) is 6.54 Å². The van der Waals surface area contributed by atoms with Gasteiger partial charge in [-0.1, -0.05) is 12.1 Å². The van der Waals surface area contributed by atoms with Gasteiger partial charge in [-0.05, 0) is 29.8 Å². The number of rotatable bonds is 4. The summed E-state index contributed by atoms with van der Waals surface area (Å²) in [4.78, 5) is 4.28. The number of nitrogen functional groups attached to an aromatic ring is 1. The van der Waals surface area contributed by atoms with Gasteiger partial charge in [-0.2, -0.15) is 0 Å². The maximum Gasteiger partial charge on any atom is 0.231 e. The SMILES string of the molecule is NNc1cccc(NCc2ccc3c(c2)OCO3)n1. The molecule has 4 N–H and O–H groups in total. The van der Waals surface area contributed by atoms with Gasteiger partial charge < -0.3 is 20.2 Å². The molecule has 2 heterocycles. The first-order chi connectivity index (χ1) is 9.35. The molecular formula is C13H14N4O2. The summed E-state index contributed by atoms with van der Waals surface area (Å²) in [5.74, 6) is 8.27. The van der Waals surface area contributed by atoms with E-state index in [1.807, 2.05) is 30.3 Å². The quantitative estimate of drug-likeness (QED) is 0.572. The van der Waals surface area contributed by atoms with Crippen molar-refractivity contribution in [2.75, 3.05) is 17.5 Å². The summed E-state index contributed by atoms with van der Waals surface area (Å²) in [6.07, 6.45) is 0. The minimum Gasteiger partial charge on any atom is -0.454 e. The lowest BCUT2D eigenvalue weighted by molar-refractivity contribution is 0.174. The Kier molecular flexibility index (Phi) is 3.07. The maximum atomic E-state index is 5.34. The monoisotopic (exact) mass is 258 g/mol. The second kappa shape index (κ2) is 5.03. The number of nitrogens with two attached hydrogens (primary N) is 1. The topological polar surface area (TPSA) is 81.4 Å². The number of aromatic nitrogens is 1. The molecule has 0 aliphatic carbocycles. The van der Waals surface area contributed by atoms with Crippen molar-refractivity contribution in [3.63, 3.8) is 0 Å². The highest BCUT2D eigenvalue weighted by atomic mass is 16.7. The van der Waals surface area contributed by atoms with Crippen molar-refractivity contribution in [2.45, 2.75) is 6.54 Å². The molecule has 1 aromatic carbocycles. The molecular weight excluding hydrogens is 244 g/mol. The van der Waals surface area contributed by atoms with Crippen LogP contribution in [0.1, 0.15) is 5.56 Å². The van der Waals surface area contributed by atoms with Gasteiger partial charge in [0.05, 0.1) is 0 Å². The molecule has 0 unspecified atom stereocenters. The predicted molar refractivity (Wildman–Crippen MR) is 71.9 cm³/mol. The molecule has 6 heteroatoms. The van der Waals surface area contributed by atoms with E-state index in [0.717, 1.165) is 22.9 Å². The molecule has 1 aliphatic rings. The van der Waals surface area contributed by atoms with E-state index < -0.39 is 0 Å². The smallest absolute Gasteiger partial charge is 0.231 e. The van der Waals surface area contributed by atoms with Crippen LogP contribution in [0.25, 0.3) is 0 Å². The van der Waals surface area contributed by atoms with Crippen LogP contribution in [0.2, 0.25) is 0 Å². The number of anilines is 2. The van der Waals surface area contributed by atoms with Gasteiger partial charge in [0.2, 0.25) is 6.79 Å². The predicted octanol–water partition coefficient (Wildman–Crippen LogP) is 1.71. The van der Waals surface area contributed by atoms with E-state index in [4.69, 9.17) is 15.3 Å². The van der Waals surface area contributed by atoms with E-state index >= 15 is 0 Å². The fourth-order valence-corrected chi connectivity index (χ4v) is 1.86. The number of hydrogen-bond acceptors (Lipinski definition) is 6. The van der Waals surface area contributed by atoms with Crippen LogP contribution in [0.4, 0.5) is 11.6 Å². The van der Waals surface area contributed by atoms with Gasteiger partial charge >= 0.3 is 0 Å². The second-order valence-corrected chi connectivity index (χ2v) is 4.09. The van der Waals surface area contributed by atoms with Crippen molar-refractivity contribution < 1.29 is 9.47 Å². The lowest BCUT2D eigenvalue weighted by atomic mass is 10.2. The fourth-order valence-electron chi connectivity index (χ4n) is 1.86. The zero-order valence-corrected chi connectivity index (χ0v) is 10.2. The van der Waals surface area contributed by atoms with Gasteiger partial charge in [0.1, 0.15) is 11.6 Å². The van der Waals surface area contributed by atoms with E-state index in [9.17, 15) is 0 Å². The molecule has 0 fully saturated rings.